The Morgan fingerprint density at radius 2 is 1.79 bits per heavy atom. The molecule has 2 aromatic carbocycles. The number of fused-ring (bicyclic) bond motifs is 1. The van der Waals surface area contributed by atoms with Crippen molar-refractivity contribution in [2.45, 2.75) is 36.6 Å². The van der Waals surface area contributed by atoms with Gasteiger partial charge in [-0.2, -0.15) is 0 Å². The van der Waals surface area contributed by atoms with E-state index in [1.54, 1.807) is 20.9 Å². The van der Waals surface area contributed by atoms with Gasteiger partial charge in [0.25, 0.3) is 0 Å². The molecular weight excluding hydrogens is 490 g/mol. The lowest BCUT2D eigenvalue weighted by molar-refractivity contribution is -0.279. The largest absolute Gasteiger partial charge is 0.859 e. The second kappa shape index (κ2) is 10.4. The molecular formula is C24H25N3O4S3-2. The summed E-state index contributed by atoms with van der Waals surface area (Å²) in [4.78, 5) is 3.29. The normalized spacial score (nSPS) is 15.8. The maximum absolute atomic E-state index is 13.1. The highest BCUT2D eigenvalue weighted by Gasteiger charge is 2.27. The molecule has 0 radical (unpaired) electrons. The zero-order valence-electron chi connectivity index (χ0n) is 18.7. The minimum atomic E-state index is -4.22. The first-order valence-electron chi connectivity index (χ1n) is 11.0. The lowest BCUT2D eigenvalue weighted by Crippen LogP contribution is -2.29. The quantitative estimate of drug-likeness (QED) is 0.237. The molecule has 1 unspecified atom stereocenters. The molecule has 3 aromatic rings. The number of hydrogen-bond acceptors (Lipinski definition) is 7. The zero-order chi connectivity index (χ0) is 24.3. The molecule has 10 heteroatoms. The number of hydrogen-bond donors (Lipinski definition) is 0. The summed E-state index contributed by atoms with van der Waals surface area (Å²) in [6.45, 7) is 2.98. The summed E-state index contributed by atoms with van der Waals surface area (Å²) in [6, 6.07) is 17.6. The van der Waals surface area contributed by atoms with Crippen molar-refractivity contribution in [2.75, 3.05) is 17.2 Å². The van der Waals surface area contributed by atoms with Crippen LogP contribution in [0.2, 0.25) is 0 Å². The maximum Gasteiger partial charge on any atom is 0.184 e. The number of unbranched alkanes of at least 4 members (excludes halogenated alkanes) is 1. The smallest absolute Gasteiger partial charge is 0.184 e. The molecule has 34 heavy (non-hydrogen) atoms. The van der Waals surface area contributed by atoms with Crippen LogP contribution in [0.1, 0.15) is 25.5 Å². The van der Waals surface area contributed by atoms with Gasteiger partial charge in [-0.15, -0.1) is 0 Å². The van der Waals surface area contributed by atoms with E-state index in [0.29, 0.717) is 36.4 Å². The lowest BCUT2D eigenvalue weighted by Gasteiger charge is -2.25. The number of nitrogens with zero attached hydrogens (tertiary/aromatic N) is 3. The fraction of sp³-hybridized carbons (Fsp3) is 0.292. The number of para-hydroxylation sites is 2. The van der Waals surface area contributed by atoms with E-state index in [1.807, 2.05) is 73.7 Å². The van der Waals surface area contributed by atoms with Crippen molar-refractivity contribution in [3.63, 3.8) is 0 Å². The zero-order valence-corrected chi connectivity index (χ0v) is 21.1. The first-order chi connectivity index (χ1) is 16.3. The van der Waals surface area contributed by atoms with Gasteiger partial charge < -0.3 is 19.1 Å². The van der Waals surface area contributed by atoms with Crippen LogP contribution in [0, 0.1) is 4.77 Å². The summed E-state index contributed by atoms with van der Waals surface area (Å²) in [7, 11) is -4.22. The molecule has 0 fully saturated rings. The van der Waals surface area contributed by atoms with Crippen LogP contribution in [0.3, 0.4) is 0 Å². The predicted octanol–water partition coefficient (Wildman–Crippen LogP) is 4.38. The summed E-state index contributed by atoms with van der Waals surface area (Å²) in [5.41, 5.74) is 2.38. The van der Waals surface area contributed by atoms with Gasteiger partial charge in [0.05, 0.1) is 26.9 Å². The van der Waals surface area contributed by atoms with E-state index >= 15 is 0 Å². The molecule has 1 atom stereocenters. The van der Waals surface area contributed by atoms with Gasteiger partial charge in [0.2, 0.25) is 0 Å². The minimum Gasteiger partial charge on any atom is -0.859 e. The van der Waals surface area contributed by atoms with Crippen LogP contribution < -0.4 is 10.0 Å². The summed E-state index contributed by atoms with van der Waals surface area (Å²) in [5, 5.41) is 13.1. The summed E-state index contributed by atoms with van der Waals surface area (Å²) in [5.74, 6) is -0.501. The van der Waals surface area contributed by atoms with Crippen molar-refractivity contribution >= 4 is 45.9 Å². The SMILES string of the molecule is CCn1c([O-])c(C=CC2Sc3ccccc3N2CCCCS(=O)(=O)[O-])n(-c2ccccc2)c1=S. The monoisotopic (exact) mass is 515 g/mol. The molecule has 1 aromatic heterocycles. The van der Waals surface area contributed by atoms with E-state index in [2.05, 4.69) is 4.90 Å². The Bertz CT molecular complexity index is 1350. The second-order valence-electron chi connectivity index (χ2n) is 7.89. The average molecular weight is 516 g/mol. The van der Waals surface area contributed by atoms with E-state index in [0.717, 1.165) is 16.3 Å². The number of rotatable bonds is 9. The number of thioether (sulfide) groups is 1. The Hall–Kier alpha value is -2.53. The Kier molecular flexibility index (Phi) is 7.51. The molecule has 2 heterocycles. The molecule has 0 saturated heterocycles. The Labute approximate surface area is 209 Å². The van der Waals surface area contributed by atoms with Crippen LogP contribution in [-0.4, -0.2) is 39.8 Å². The molecule has 0 saturated carbocycles. The number of anilines is 1. The molecule has 1 aliphatic heterocycles. The van der Waals surface area contributed by atoms with E-state index in [4.69, 9.17) is 12.2 Å². The van der Waals surface area contributed by atoms with Crippen molar-refractivity contribution in [3.8, 4) is 11.6 Å². The number of aromatic nitrogens is 2. The average Bonchev–Trinajstić information content (AvgIpc) is 3.28. The fourth-order valence-electron chi connectivity index (χ4n) is 4.05. The lowest BCUT2D eigenvalue weighted by atomic mass is 10.2. The second-order valence-corrected chi connectivity index (χ2v) is 10.9. The molecule has 0 spiro atoms. The Morgan fingerprint density at radius 1 is 1.09 bits per heavy atom. The Morgan fingerprint density at radius 3 is 2.50 bits per heavy atom. The third-order valence-corrected chi connectivity index (χ3v) is 8.09. The molecule has 1 aliphatic rings. The van der Waals surface area contributed by atoms with Crippen LogP contribution >= 0.6 is 24.0 Å². The van der Waals surface area contributed by atoms with Crippen molar-refractivity contribution in [2.24, 2.45) is 0 Å². The van der Waals surface area contributed by atoms with Gasteiger partial charge >= 0.3 is 0 Å². The third-order valence-electron chi connectivity index (χ3n) is 5.65. The van der Waals surface area contributed by atoms with E-state index in [1.165, 1.54) is 0 Å². The van der Waals surface area contributed by atoms with E-state index in [9.17, 15) is 18.1 Å². The molecule has 0 bridgehead atoms. The van der Waals surface area contributed by atoms with Crippen LogP contribution in [0.4, 0.5) is 5.69 Å². The number of benzene rings is 2. The highest BCUT2D eigenvalue weighted by molar-refractivity contribution is 8.00. The molecule has 180 valence electrons. The summed E-state index contributed by atoms with van der Waals surface area (Å²) < 4.78 is 36.7. The van der Waals surface area contributed by atoms with Crippen molar-refractivity contribution < 1.29 is 18.1 Å². The first kappa shape index (κ1) is 24.6. The number of imidazole rings is 1. The molecule has 0 aliphatic carbocycles. The Balaban J connectivity index is 1.64. The summed E-state index contributed by atoms with van der Waals surface area (Å²) in [6.07, 6.45) is 4.69. The van der Waals surface area contributed by atoms with Crippen LogP contribution in [0.25, 0.3) is 11.8 Å². The maximum atomic E-state index is 13.1. The van der Waals surface area contributed by atoms with Gasteiger partial charge in [-0.05, 0) is 74.3 Å². The fourth-order valence-corrected chi connectivity index (χ4v) is 6.25. The minimum absolute atomic E-state index is 0.0802. The van der Waals surface area contributed by atoms with Crippen molar-refractivity contribution in [1.82, 2.24) is 9.13 Å². The molecule has 4 rings (SSSR count). The van der Waals surface area contributed by atoms with Crippen molar-refractivity contribution in [3.05, 3.63) is 71.1 Å². The highest BCUT2D eigenvalue weighted by Crippen LogP contribution is 2.44. The van der Waals surface area contributed by atoms with Gasteiger partial charge in [0, 0.05) is 29.4 Å². The first-order valence-corrected chi connectivity index (χ1v) is 13.9. The van der Waals surface area contributed by atoms with Gasteiger partial charge in [-0.3, -0.25) is 4.57 Å². The van der Waals surface area contributed by atoms with E-state index < -0.39 is 10.1 Å². The van der Waals surface area contributed by atoms with Gasteiger partial charge in [0.15, 0.2) is 4.77 Å². The summed E-state index contributed by atoms with van der Waals surface area (Å²) >= 11 is 7.28. The third kappa shape index (κ3) is 5.25. The van der Waals surface area contributed by atoms with Gasteiger partial charge in [0.1, 0.15) is 0 Å². The van der Waals surface area contributed by atoms with Crippen LogP contribution in [-0.2, 0) is 16.7 Å². The predicted molar refractivity (Wildman–Crippen MR) is 136 cm³/mol. The molecule has 7 nitrogen and oxygen atoms in total. The van der Waals surface area contributed by atoms with Gasteiger partial charge in [-0.1, -0.05) is 42.1 Å². The standard InChI is InChI=1S/C24H27N3O4S3/c1-2-25-23(28)20(27(24(25)32)18-10-4-3-5-11-18)14-15-22-26(16-8-9-17-34(29,30)31)19-12-6-7-13-21(19)33-22/h3-7,10-15,22,28H,2,8-9,16-17H2,1H3,(H,29,30,31)/p-2. The van der Waals surface area contributed by atoms with Crippen molar-refractivity contribution in [1.29, 1.82) is 0 Å². The van der Waals surface area contributed by atoms with Crippen LogP contribution in [0.5, 0.6) is 5.88 Å². The van der Waals surface area contributed by atoms with Crippen LogP contribution in [0.15, 0.2) is 65.6 Å². The molecule has 0 amide bonds. The van der Waals surface area contributed by atoms with Gasteiger partial charge in [-0.25, -0.2) is 8.42 Å². The molecule has 0 N–H and O–H groups in total. The topological polar surface area (TPSA) is 93.4 Å². The van der Waals surface area contributed by atoms with E-state index in [-0.39, 0.29) is 17.0 Å². The highest BCUT2D eigenvalue weighted by atomic mass is 32.2.